The van der Waals surface area contributed by atoms with Gasteiger partial charge in [0.05, 0.1) is 9.40 Å². The molecule has 13 heavy (non-hydrogen) atoms. The van der Waals surface area contributed by atoms with Gasteiger partial charge in [-0.15, -0.1) is 0 Å². The minimum Gasteiger partial charge on any atom is -0.259 e. The first-order chi connectivity index (χ1) is 6.09. The Morgan fingerprint density at radius 3 is 2.77 bits per heavy atom. The zero-order valence-corrected chi connectivity index (χ0v) is 7.99. The fraction of sp³-hybridized carbons (Fsp3) is 0. The predicted octanol–water partition coefficient (Wildman–Crippen LogP) is 2.84. The summed E-state index contributed by atoms with van der Waals surface area (Å²) in [5.41, 5.74) is 0.574. The maximum atomic E-state index is 12.7. The first-order valence-electron chi connectivity index (χ1n) is 3.36. The Hall–Kier alpha value is -1.23. The van der Waals surface area contributed by atoms with Crippen molar-refractivity contribution in [2.45, 2.75) is 0 Å². The van der Waals surface area contributed by atoms with Gasteiger partial charge in [-0.1, -0.05) is 6.07 Å². The van der Waals surface area contributed by atoms with Crippen molar-refractivity contribution in [3.05, 3.63) is 50.4 Å². The second-order valence-electron chi connectivity index (χ2n) is 2.27. The van der Waals surface area contributed by atoms with Gasteiger partial charge in [0.25, 0.3) is 0 Å². The Morgan fingerprint density at radius 1 is 1.54 bits per heavy atom. The standard InChI is InChI=1S/C8H5BrFNO2/c9-7-5-6(1-2-8(7)10)3-4-11(12)13/h1-5H. The quantitative estimate of drug-likeness (QED) is 0.594. The molecule has 3 nitrogen and oxygen atoms in total. The molecule has 0 atom stereocenters. The highest BCUT2D eigenvalue weighted by Gasteiger charge is 1.98. The van der Waals surface area contributed by atoms with Gasteiger partial charge in [0.2, 0.25) is 6.20 Å². The van der Waals surface area contributed by atoms with Crippen molar-refractivity contribution in [2.75, 3.05) is 0 Å². The largest absolute Gasteiger partial charge is 0.259 e. The van der Waals surface area contributed by atoms with Crippen molar-refractivity contribution in [1.82, 2.24) is 0 Å². The van der Waals surface area contributed by atoms with Crippen LogP contribution in [0.25, 0.3) is 6.08 Å². The van der Waals surface area contributed by atoms with E-state index in [0.29, 0.717) is 5.56 Å². The fourth-order valence-electron chi connectivity index (χ4n) is 0.763. The summed E-state index contributed by atoms with van der Waals surface area (Å²) in [7, 11) is 0. The molecule has 0 aliphatic heterocycles. The van der Waals surface area contributed by atoms with Crippen molar-refractivity contribution in [2.24, 2.45) is 0 Å². The van der Waals surface area contributed by atoms with E-state index in [-0.39, 0.29) is 4.47 Å². The fourth-order valence-corrected chi connectivity index (χ4v) is 1.16. The summed E-state index contributed by atoms with van der Waals surface area (Å²) >= 11 is 2.97. The molecular weight excluding hydrogens is 241 g/mol. The molecule has 5 heteroatoms. The maximum Gasteiger partial charge on any atom is 0.235 e. The lowest BCUT2D eigenvalue weighted by Crippen LogP contribution is -1.83. The summed E-state index contributed by atoms with van der Waals surface area (Å²) in [4.78, 5) is 9.39. The molecule has 0 bridgehead atoms. The van der Waals surface area contributed by atoms with Gasteiger partial charge in [-0.3, -0.25) is 10.1 Å². The molecular formula is C8H5BrFNO2. The summed E-state index contributed by atoms with van der Waals surface area (Å²) in [6.45, 7) is 0. The van der Waals surface area contributed by atoms with Crippen LogP contribution in [0.15, 0.2) is 28.9 Å². The molecule has 0 amide bonds. The minimum absolute atomic E-state index is 0.290. The van der Waals surface area contributed by atoms with Crippen LogP contribution >= 0.6 is 15.9 Å². The van der Waals surface area contributed by atoms with Crippen LogP contribution in [-0.4, -0.2) is 4.92 Å². The zero-order chi connectivity index (χ0) is 9.84. The number of rotatable bonds is 2. The van der Waals surface area contributed by atoms with Crippen molar-refractivity contribution in [3.63, 3.8) is 0 Å². The summed E-state index contributed by atoms with van der Waals surface area (Å²) in [6, 6.07) is 4.17. The average Bonchev–Trinajstić information content (AvgIpc) is 2.07. The van der Waals surface area contributed by atoms with Crippen molar-refractivity contribution in [3.8, 4) is 0 Å². The summed E-state index contributed by atoms with van der Waals surface area (Å²) in [5, 5.41) is 9.96. The monoisotopic (exact) mass is 245 g/mol. The Balaban J connectivity index is 2.92. The Labute approximate surface area is 82.2 Å². The smallest absolute Gasteiger partial charge is 0.235 e. The van der Waals surface area contributed by atoms with Crippen LogP contribution < -0.4 is 0 Å². The first kappa shape index (κ1) is 9.85. The number of hydrogen-bond donors (Lipinski definition) is 0. The molecule has 0 aromatic heterocycles. The van der Waals surface area contributed by atoms with Gasteiger partial charge in [-0.2, -0.15) is 0 Å². The molecule has 1 aromatic carbocycles. The van der Waals surface area contributed by atoms with E-state index >= 15 is 0 Å². The number of nitro groups is 1. The van der Waals surface area contributed by atoms with Gasteiger partial charge in [0.1, 0.15) is 5.82 Å². The van der Waals surface area contributed by atoms with Gasteiger partial charge in [-0.05, 0) is 33.6 Å². The topological polar surface area (TPSA) is 43.1 Å². The molecule has 0 aliphatic rings. The van der Waals surface area contributed by atoms with Gasteiger partial charge in [0, 0.05) is 6.08 Å². The minimum atomic E-state index is -0.572. The maximum absolute atomic E-state index is 12.7. The number of hydrogen-bond acceptors (Lipinski definition) is 2. The molecule has 0 heterocycles. The first-order valence-corrected chi connectivity index (χ1v) is 4.15. The molecule has 0 unspecified atom stereocenters. The predicted molar refractivity (Wildman–Crippen MR) is 50.1 cm³/mol. The van der Waals surface area contributed by atoms with Gasteiger partial charge in [-0.25, -0.2) is 4.39 Å². The number of benzene rings is 1. The van der Waals surface area contributed by atoms with E-state index in [1.54, 1.807) is 0 Å². The van der Waals surface area contributed by atoms with E-state index in [2.05, 4.69) is 15.9 Å². The average molecular weight is 246 g/mol. The lowest BCUT2D eigenvalue weighted by molar-refractivity contribution is -0.400. The number of nitrogens with zero attached hydrogens (tertiary/aromatic N) is 1. The molecule has 0 aliphatic carbocycles. The van der Waals surface area contributed by atoms with Crippen LogP contribution in [-0.2, 0) is 0 Å². The van der Waals surface area contributed by atoms with Gasteiger partial charge in [0.15, 0.2) is 0 Å². The third-order valence-electron chi connectivity index (χ3n) is 1.33. The van der Waals surface area contributed by atoms with E-state index in [1.165, 1.54) is 24.3 Å². The molecule has 0 spiro atoms. The SMILES string of the molecule is O=[N+]([O-])C=Cc1ccc(F)c(Br)c1. The van der Waals surface area contributed by atoms with E-state index in [9.17, 15) is 14.5 Å². The molecule has 0 saturated heterocycles. The highest BCUT2D eigenvalue weighted by atomic mass is 79.9. The number of halogens is 2. The van der Waals surface area contributed by atoms with Crippen LogP contribution in [0, 0.1) is 15.9 Å². The summed E-state index contributed by atoms with van der Waals surface area (Å²) < 4.78 is 13.0. The lowest BCUT2D eigenvalue weighted by atomic mass is 10.2. The normalized spacial score (nSPS) is 10.6. The van der Waals surface area contributed by atoms with E-state index in [1.807, 2.05) is 0 Å². The van der Waals surface area contributed by atoms with Crippen molar-refractivity contribution >= 4 is 22.0 Å². The Morgan fingerprint density at radius 2 is 2.23 bits per heavy atom. The van der Waals surface area contributed by atoms with Crippen LogP contribution in [0.4, 0.5) is 4.39 Å². The second-order valence-corrected chi connectivity index (χ2v) is 3.13. The van der Waals surface area contributed by atoms with Crippen LogP contribution in [0.1, 0.15) is 5.56 Å². The molecule has 68 valence electrons. The molecule has 1 aromatic rings. The highest BCUT2D eigenvalue weighted by molar-refractivity contribution is 9.10. The Bertz CT molecular complexity index is 365. The Kier molecular flexibility index (Phi) is 3.13. The molecule has 1 rings (SSSR count). The van der Waals surface area contributed by atoms with Crippen molar-refractivity contribution < 1.29 is 9.31 Å². The third-order valence-corrected chi connectivity index (χ3v) is 1.94. The van der Waals surface area contributed by atoms with Crippen LogP contribution in [0.5, 0.6) is 0 Å². The van der Waals surface area contributed by atoms with E-state index < -0.39 is 10.7 Å². The van der Waals surface area contributed by atoms with Crippen LogP contribution in [0.3, 0.4) is 0 Å². The van der Waals surface area contributed by atoms with E-state index in [4.69, 9.17) is 0 Å². The second kappa shape index (κ2) is 4.13. The molecule has 0 N–H and O–H groups in total. The van der Waals surface area contributed by atoms with Gasteiger partial charge >= 0.3 is 0 Å². The zero-order valence-electron chi connectivity index (χ0n) is 6.41. The van der Waals surface area contributed by atoms with Crippen molar-refractivity contribution in [1.29, 1.82) is 0 Å². The molecule has 0 saturated carbocycles. The highest BCUT2D eigenvalue weighted by Crippen LogP contribution is 2.17. The molecule has 0 fully saturated rings. The summed E-state index contributed by atoms with van der Waals surface area (Å²) in [5.74, 6) is -0.391. The lowest BCUT2D eigenvalue weighted by Gasteiger charge is -1.94. The van der Waals surface area contributed by atoms with Gasteiger partial charge < -0.3 is 0 Å². The summed E-state index contributed by atoms with van der Waals surface area (Å²) in [6.07, 6.45) is 2.10. The third kappa shape index (κ3) is 2.95. The molecule has 0 radical (unpaired) electrons. The van der Waals surface area contributed by atoms with E-state index in [0.717, 1.165) is 6.20 Å². The van der Waals surface area contributed by atoms with Crippen LogP contribution in [0.2, 0.25) is 0 Å².